The third-order valence-electron chi connectivity index (χ3n) is 6.97. The maximum absolute atomic E-state index is 12.6. The Kier molecular flexibility index (Phi) is 5.27. The molecule has 1 aromatic rings. The summed E-state index contributed by atoms with van der Waals surface area (Å²) in [5.41, 5.74) is 7.00. The molecule has 8 heteroatoms. The quantitative estimate of drug-likeness (QED) is 0.634. The van der Waals surface area contributed by atoms with E-state index in [4.69, 9.17) is 15.2 Å². The van der Waals surface area contributed by atoms with Gasteiger partial charge in [0.2, 0.25) is 18.6 Å². The molecule has 4 bridgehead atoms. The first-order chi connectivity index (χ1) is 13.5. The maximum atomic E-state index is 12.6. The predicted octanol–water partition coefficient (Wildman–Crippen LogP) is 3.08. The Bertz CT molecular complexity index is 793. The molecule has 5 aliphatic rings. The highest BCUT2D eigenvalue weighted by Crippen LogP contribution is 2.61. The number of hydrogen-bond acceptors (Lipinski definition) is 5. The van der Waals surface area contributed by atoms with Gasteiger partial charge in [-0.05, 0) is 61.7 Å². The fourth-order valence-electron chi connectivity index (χ4n) is 6.35. The first-order valence-corrected chi connectivity index (χ1v) is 10.2. The van der Waals surface area contributed by atoms with Crippen LogP contribution in [0.5, 0.6) is 11.5 Å². The summed E-state index contributed by atoms with van der Waals surface area (Å²) < 4.78 is 10.6. The molecule has 0 unspecified atom stereocenters. The average Bonchev–Trinajstić information content (AvgIpc) is 3.06. The molecule has 158 valence electrons. The number of ether oxygens (including phenoxy) is 2. The van der Waals surface area contributed by atoms with Gasteiger partial charge in [-0.1, -0.05) is 0 Å². The van der Waals surface area contributed by atoms with Gasteiger partial charge in [-0.25, -0.2) is 0 Å². The summed E-state index contributed by atoms with van der Waals surface area (Å²) in [5, 5.41) is 5.54. The summed E-state index contributed by atoms with van der Waals surface area (Å²) in [6.45, 7) is 0.0889. The third kappa shape index (κ3) is 3.97. The fourth-order valence-corrected chi connectivity index (χ4v) is 6.35. The van der Waals surface area contributed by atoms with Crippen molar-refractivity contribution in [2.75, 3.05) is 24.4 Å². The van der Waals surface area contributed by atoms with Crippen molar-refractivity contribution in [1.29, 1.82) is 0 Å². The zero-order valence-corrected chi connectivity index (χ0v) is 17.2. The first kappa shape index (κ1) is 20.1. The molecule has 1 aliphatic heterocycles. The van der Waals surface area contributed by atoms with Gasteiger partial charge in [0.15, 0.2) is 11.5 Å². The van der Waals surface area contributed by atoms with Crippen molar-refractivity contribution in [2.45, 2.75) is 44.9 Å². The van der Waals surface area contributed by atoms with Gasteiger partial charge >= 0.3 is 0 Å². The number of nitrogens with two attached hydrogens (primary N) is 1. The molecule has 4 N–H and O–H groups in total. The van der Waals surface area contributed by atoms with Gasteiger partial charge in [0.25, 0.3) is 0 Å². The van der Waals surface area contributed by atoms with Crippen molar-refractivity contribution in [1.82, 2.24) is 5.32 Å². The molecule has 4 fully saturated rings. The second kappa shape index (κ2) is 7.59. The normalized spacial score (nSPS) is 30.6. The minimum atomic E-state index is -0.301. The topological polar surface area (TPSA) is 103 Å². The van der Waals surface area contributed by atoms with Crippen LogP contribution >= 0.6 is 12.4 Å². The van der Waals surface area contributed by atoms with Crippen LogP contribution in [-0.4, -0.2) is 25.2 Å². The molecular weight excluding hydrogens is 394 g/mol. The number of hydrogen-bond donors (Lipinski definition) is 3. The van der Waals surface area contributed by atoms with Gasteiger partial charge in [0, 0.05) is 18.6 Å². The van der Waals surface area contributed by atoms with E-state index in [1.54, 1.807) is 12.1 Å². The van der Waals surface area contributed by atoms with Crippen LogP contribution in [0, 0.1) is 23.2 Å². The van der Waals surface area contributed by atoms with Crippen molar-refractivity contribution in [2.24, 2.45) is 23.2 Å². The SMILES string of the molecule is Cl.Nc1cc2c(cc1NC(=O)CNC(=O)CC13CC4CC(CC(C4)C1)C3)OCO2. The van der Waals surface area contributed by atoms with Crippen molar-refractivity contribution in [3.05, 3.63) is 12.1 Å². The van der Waals surface area contributed by atoms with E-state index < -0.39 is 0 Å². The molecule has 7 nitrogen and oxygen atoms in total. The van der Waals surface area contributed by atoms with Crippen LogP contribution in [0.1, 0.15) is 44.9 Å². The molecule has 1 aromatic carbocycles. The summed E-state index contributed by atoms with van der Waals surface area (Å²) >= 11 is 0. The molecule has 29 heavy (non-hydrogen) atoms. The number of amides is 2. The second-order valence-corrected chi connectivity index (χ2v) is 9.21. The number of fused-ring (bicyclic) bond motifs is 1. The van der Waals surface area contributed by atoms with E-state index in [-0.39, 0.29) is 43.0 Å². The zero-order chi connectivity index (χ0) is 19.3. The average molecular weight is 422 g/mol. The lowest BCUT2D eigenvalue weighted by Gasteiger charge is -2.56. The van der Waals surface area contributed by atoms with Crippen molar-refractivity contribution < 1.29 is 19.1 Å². The Morgan fingerprint density at radius 3 is 2.21 bits per heavy atom. The number of benzene rings is 1. The molecule has 2 amide bonds. The number of nitrogen functional groups attached to an aromatic ring is 1. The number of anilines is 2. The Hall–Kier alpha value is -2.15. The van der Waals surface area contributed by atoms with Crippen LogP contribution in [0.3, 0.4) is 0 Å². The lowest BCUT2D eigenvalue weighted by Crippen LogP contribution is -2.48. The van der Waals surface area contributed by atoms with Crippen LogP contribution in [0.2, 0.25) is 0 Å². The van der Waals surface area contributed by atoms with Gasteiger partial charge < -0.3 is 25.8 Å². The minimum Gasteiger partial charge on any atom is -0.454 e. The van der Waals surface area contributed by atoms with Gasteiger partial charge in [0.1, 0.15) is 0 Å². The third-order valence-corrected chi connectivity index (χ3v) is 6.97. The molecule has 0 atom stereocenters. The van der Waals surface area contributed by atoms with E-state index in [1.165, 1.54) is 38.5 Å². The van der Waals surface area contributed by atoms with E-state index in [2.05, 4.69) is 10.6 Å². The number of carbonyl (C=O) groups is 2. The molecule has 6 rings (SSSR count). The van der Waals surface area contributed by atoms with Crippen molar-refractivity contribution in [3.8, 4) is 11.5 Å². The summed E-state index contributed by atoms with van der Waals surface area (Å²) in [5.74, 6) is 3.25. The highest BCUT2D eigenvalue weighted by Gasteiger charge is 2.51. The van der Waals surface area contributed by atoms with Gasteiger partial charge in [-0.3, -0.25) is 9.59 Å². The highest BCUT2D eigenvalue weighted by atomic mass is 35.5. The first-order valence-electron chi connectivity index (χ1n) is 10.2. The van der Waals surface area contributed by atoms with Gasteiger partial charge in [-0.15, -0.1) is 12.4 Å². The largest absolute Gasteiger partial charge is 0.454 e. The smallest absolute Gasteiger partial charge is 0.243 e. The molecule has 1 heterocycles. The lowest BCUT2D eigenvalue weighted by molar-refractivity contribution is -0.131. The molecular formula is C21H28ClN3O4. The van der Waals surface area contributed by atoms with Crippen molar-refractivity contribution >= 4 is 35.6 Å². The van der Waals surface area contributed by atoms with Crippen LogP contribution < -0.4 is 25.8 Å². The van der Waals surface area contributed by atoms with Crippen LogP contribution in [-0.2, 0) is 9.59 Å². The monoisotopic (exact) mass is 421 g/mol. The molecule has 0 spiro atoms. The molecule has 0 saturated heterocycles. The van der Waals surface area contributed by atoms with E-state index in [9.17, 15) is 9.59 Å². The van der Waals surface area contributed by atoms with Gasteiger partial charge in [-0.2, -0.15) is 0 Å². The van der Waals surface area contributed by atoms with Crippen LogP contribution in [0.15, 0.2) is 12.1 Å². The highest BCUT2D eigenvalue weighted by molar-refractivity contribution is 5.97. The van der Waals surface area contributed by atoms with E-state index >= 15 is 0 Å². The number of halogens is 1. The maximum Gasteiger partial charge on any atom is 0.243 e. The standard InChI is InChI=1S/C21H27N3O4.ClH/c22-15-4-17-18(28-11-27-17)5-16(15)24-20(26)10-23-19(25)9-21-6-12-1-13(7-21)3-14(2-12)8-21;/h4-5,12-14H,1-3,6-11,22H2,(H,23,25)(H,24,26);1H. The fraction of sp³-hybridized carbons (Fsp3) is 0.619. The number of nitrogens with one attached hydrogen (secondary N) is 2. The summed E-state index contributed by atoms with van der Waals surface area (Å²) in [7, 11) is 0. The Labute approximate surface area is 176 Å². The van der Waals surface area contributed by atoms with Crippen LogP contribution in [0.25, 0.3) is 0 Å². The summed E-state index contributed by atoms with van der Waals surface area (Å²) in [4.78, 5) is 24.8. The number of carbonyl (C=O) groups excluding carboxylic acids is 2. The summed E-state index contributed by atoms with van der Waals surface area (Å²) in [6.07, 6.45) is 8.20. The zero-order valence-electron chi connectivity index (χ0n) is 16.4. The van der Waals surface area contributed by atoms with E-state index in [1.807, 2.05) is 0 Å². The van der Waals surface area contributed by atoms with Gasteiger partial charge in [0.05, 0.1) is 17.9 Å². The Morgan fingerprint density at radius 2 is 1.59 bits per heavy atom. The predicted molar refractivity (Wildman–Crippen MR) is 111 cm³/mol. The molecule has 0 aromatic heterocycles. The van der Waals surface area contributed by atoms with E-state index in [0.29, 0.717) is 29.3 Å². The Balaban J connectivity index is 0.00000205. The lowest BCUT2D eigenvalue weighted by atomic mass is 9.49. The number of rotatable bonds is 5. The molecule has 4 saturated carbocycles. The Morgan fingerprint density at radius 1 is 1.00 bits per heavy atom. The summed E-state index contributed by atoms with van der Waals surface area (Å²) in [6, 6.07) is 3.27. The van der Waals surface area contributed by atoms with Crippen LogP contribution in [0.4, 0.5) is 11.4 Å². The molecule has 4 aliphatic carbocycles. The second-order valence-electron chi connectivity index (χ2n) is 9.21. The minimum absolute atomic E-state index is 0. The van der Waals surface area contributed by atoms with E-state index in [0.717, 1.165) is 17.8 Å². The molecule has 0 radical (unpaired) electrons. The van der Waals surface area contributed by atoms with Crippen molar-refractivity contribution in [3.63, 3.8) is 0 Å².